The zero-order valence-corrected chi connectivity index (χ0v) is 13.3. The first kappa shape index (κ1) is 16.1. The Bertz CT molecular complexity index is 457. The second kappa shape index (κ2) is 7.11. The molecular formula is C16H26N2O3. The average Bonchev–Trinajstić information content (AvgIpc) is 2.47. The summed E-state index contributed by atoms with van der Waals surface area (Å²) < 4.78 is 16.7. The van der Waals surface area contributed by atoms with Crippen LogP contribution < -0.4 is 15.2 Å². The van der Waals surface area contributed by atoms with Crippen molar-refractivity contribution in [3.8, 4) is 11.5 Å². The van der Waals surface area contributed by atoms with Crippen molar-refractivity contribution in [3.05, 3.63) is 23.8 Å². The number of morpholine rings is 1. The van der Waals surface area contributed by atoms with Crippen molar-refractivity contribution in [3.63, 3.8) is 0 Å². The monoisotopic (exact) mass is 294 g/mol. The van der Waals surface area contributed by atoms with Crippen molar-refractivity contribution < 1.29 is 14.2 Å². The highest BCUT2D eigenvalue weighted by Gasteiger charge is 2.29. The van der Waals surface area contributed by atoms with Crippen molar-refractivity contribution in [2.75, 3.05) is 33.9 Å². The van der Waals surface area contributed by atoms with Gasteiger partial charge in [-0.15, -0.1) is 0 Å². The van der Waals surface area contributed by atoms with Gasteiger partial charge in [-0.1, -0.05) is 0 Å². The lowest BCUT2D eigenvalue weighted by molar-refractivity contribution is -0.0801. The van der Waals surface area contributed by atoms with Crippen molar-refractivity contribution in [1.82, 2.24) is 4.90 Å². The summed E-state index contributed by atoms with van der Waals surface area (Å²) >= 11 is 0. The van der Waals surface area contributed by atoms with Gasteiger partial charge in [0.15, 0.2) is 0 Å². The molecule has 0 spiro atoms. The lowest BCUT2D eigenvalue weighted by atomic mass is 10.0. The fourth-order valence-electron chi connectivity index (χ4n) is 3.04. The van der Waals surface area contributed by atoms with Gasteiger partial charge < -0.3 is 19.9 Å². The second-order valence-corrected chi connectivity index (χ2v) is 5.57. The zero-order chi connectivity index (χ0) is 15.4. The largest absolute Gasteiger partial charge is 0.497 e. The minimum absolute atomic E-state index is 0.101. The van der Waals surface area contributed by atoms with E-state index < -0.39 is 0 Å². The molecule has 0 radical (unpaired) electrons. The molecule has 1 aromatic carbocycles. The number of ether oxygens (including phenoxy) is 3. The maximum Gasteiger partial charge on any atom is 0.123 e. The van der Waals surface area contributed by atoms with Crippen LogP contribution in [0, 0.1) is 0 Å². The molecule has 2 N–H and O–H groups in total. The fourth-order valence-corrected chi connectivity index (χ4v) is 3.04. The van der Waals surface area contributed by atoms with Crippen molar-refractivity contribution >= 4 is 0 Å². The molecule has 1 saturated heterocycles. The first-order valence-electron chi connectivity index (χ1n) is 7.40. The van der Waals surface area contributed by atoms with Crippen molar-refractivity contribution in [1.29, 1.82) is 0 Å². The third-order valence-electron chi connectivity index (χ3n) is 3.91. The normalized spacial score (nSPS) is 24.6. The highest BCUT2D eigenvalue weighted by Crippen LogP contribution is 2.33. The van der Waals surface area contributed by atoms with E-state index in [-0.39, 0.29) is 18.2 Å². The lowest BCUT2D eigenvalue weighted by Gasteiger charge is -2.40. The van der Waals surface area contributed by atoms with Crippen LogP contribution in [0.25, 0.3) is 0 Å². The Labute approximate surface area is 127 Å². The second-order valence-electron chi connectivity index (χ2n) is 5.57. The van der Waals surface area contributed by atoms with E-state index in [4.69, 9.17) is 19.9 Å². The lowest BCUT2D eigenvalue weighted by Crippen LogP contribution is -2.48. The van der Waals surface area contributed by atoms with Crippen LogP contribution in [0.5, 0.6) is 11.5 Å². The summed E-state index contributed by atoms with van der Waals surface area (Å²) in [6.45, 7) is 6.46. The minimum atomic E-state index is 0.101. The molecule has 5 heteroatoms. The summed E-state index contributed by atoms with van der Waals surface area (Å²) in [6.07, 6.45) is 0.416. The van der Waals surface area contributed by atoms with Crippen LogP contribution in [0.15, 0.2) is 18.2 Å². The van der Waals surface area contributed by atoms with Crippen molar-refractivity contribution in [2.24, 2.45) is 5.73 Å². The quantitative estimate of drug-likeness (QED) is 0.897. The van der Waals surface area contributed by atoms with Gasteiger partial charge in [-0.25, -0.2) is 0 Å². The number of hydrogen-bond acceptors (Lipinski definition) is 5. The smallest absolute Gasteiger partial charge is 0.123 e. The van der Waals surface area contributed by atoms with Crippen LogP contribution in [0.2, 0.25) is 0 Å². The Balaban J connectivity index is 2.31. The van der Waals surface area contributed by atoms with Gasteiger partial charge in [0.2, 0.25) is 0 Å². The number of rotatable bonds is 5. The molecule has 5 nitrogen and oxygen atoms in total. The molecule has 0 amide bonds. The summed E-state index contributed by atoms with van der Waals surface area (Å²) in [6, 6.07) is 5.95. The van der Waals surface area contributed by atoms with Gasteiger partial charge in [0.25, 0.3) is 0 Å². The van der Waals surface area contributed by atoms with Crippen LogP contribution >= 0.6 is 0 Å². The molecule has 21 heavy (non-hydrogen) atoms. The fraction of sp³-hybridized carbons (Fsp3) is 0.625. The molecule has 0 aliphatic carbocycles. The Hall–Kier alpha value is -1.30. The molecule has 0 bridgehead atoms. The minimum Gasteiger partial charge on any atom is -0.497 e. The van der Waals surface area contributed by atoms with E-state index in [2.05, 4.69) is 18.7 Å². The molecule has 1 aliphatic rings. The average molecular weight is 294 g/mol. The van der Waals surface area contributed by atoms with Gasteiger partial charge in [0.05, 0.1) is 32.5 Å². The Kier molecular flexibility index (Phi) is 5.45. The first-order valence-corrected chi connectivity index (χ1v) is 7.40. The van der Waals surface area contributed by atoms with E-state index in [0.717, 1.165) is 30.2 Å². The van der Waals surface area contributed by atoms with Gasteiger partial charge in [-0.05, 0) is 32.0 Å². The maximum absolute atomic E-state index is 6.06. The Morgan fingerprint density at radius 2 is 1.90 bits per heavy atom. The molecule has 3 atom stereocenters. The van der Waals surface area contributed by atoms with Crippen LogP contribution in [0.1, 0.15) is 25.5 Å². The van der Waals surface area contributed by atoms with Gasteiger partial charge in [-0.3, -0.25) is 4.90 Å². The molecule has 118 valence electrons. The predicted molar refractivity (Wildman–Crippen MR) is 82.9 cm³/mol. The van der Waals surface area contributed by atoms with Crippen LogP contribution in [0.4, 0.5) is 0 Å². The summed E-state index contributed by atoms with van der Waals surface area (Å²) in [4.78, 5) is 2.37. The number of methoxy groups -OCH3 is 2. The Morgan fingerprint density at radius 1 is 1.24 bits per heavy atom. The van der Waals surface area contributed by atoms with Gasteiger partial charge in [0.1, 0.15) is 11.5 Å². The standard InChI is InChI=1S/C16H26N2O3/c1-11-9-18(10-12(2)21-11)15(8-17)14-7-13(19-3)5-6-16(14)20-4/h5-7,11-12,15H,8-10,17H2,1-4H3/t11-,12-,15-/m0/s1. The van der Waals surface area contributed by atoms with Crippen LogP contribution in [-0.2, 0) is 4.74 Å². The molecular weight excluding hydrogens is 268 g/mol. The van der Waals surface area contributed by atoms with E-state index in [0.29, 0.717) is 6.54 Å². The highest BCUT2D eigenvalue weighted by molar-refractivity contribution is 5.42. The number of nitrogens with two attached hydrogens (primary N) is 1. The summed E-state index contributed by atoms with van der Waals surface area (Å²) in [5, 5.41) is 0. The molecule has 2 rings (SSSR count). The number of nitrogens with zero attached hydrogens (tertiary/aromatic N) is 1. The number of benzene rings is 1. The summed E-state index contributed by atoms with van der Waals surface area (Å²) in [5.74, 6) is 1.66. The predicted octanol–water partition coefficient (Wildman–Crippen LogP) is 1.81. The SMILES string of the molecule is COc1ccc(OC)c([C@H](CN)N2C[C@H](C)O[C@@H](C)C2)c1. The molecule has 1 fully saturated rings. The summed E-state index contributed by atoms with van der Waals surface area (Å²) in [5.41, 5.74) is 7.13. The van der Waals surface area contributed by atoms with Gasteiger partial charge in [0, 0.05) is 25.2 Å². The number of hydrogen-bond donors (Lipinski definition) is 1. The van der Waals surface area contributed by atoms with Crippen molar-refractivity contribution in [2.45, 2.75) is 32.1 Å². The maximum atomic E-state index is 6.06. The third-order valence-corrected chi connectivity index (χ3v) is 3.91. The molecule has 0 saturated carbocycles. The van der Waals surface area contributed by atoms with E-state index >= 15 is 0 Å². The van der Waals surface area contributed by atoms with E-state index in [1.54, 1.807) is 14.2 Å². The highest BCUT2D eigenvalue weighted by atomic mass is 16.5. The molecule has 0 unspecified atom stereocenters. The third kappa shape index (κ3) is 3.67. The van der Waals surface area contributed by atoms with E-state index in [1.807, 2.05) is 18.2 Å². The first-order chi connectivity index (χ1) is 10.1. The van der Waals surface area contributed by atoms with Crippen LogP contribution in [0.3, 0.4) is 0 Å². The van der Waals surface area contributed by atoms with E-state index in [1.165, 1.54) is 0 Å². The summed E-state index contributed by atoms with van der Waals surface area (Å²) in [7, 11) is 3.35. The molecule has 0 aromatic heterocycles. The zero-order valence-electron chi connectivity index (χ0n) is 13.3. The van der Waals surface area contributed by atoms with Crippen LogP contribution in [-0.4, -0.2) is 51.0 Å². The molecule has 1 aromatic rings. The topological polar surface area (TPSA) is 57.0 Å². The Morgan fingerprint density at radius 3 is 2.43 bits per heavy atom. The van der Waals surface area contributed by atoms with E-state index in [9.17, 15) is 0 Å². The van der Waals surface area contributed by atoms with Gasteiger partial charge >= 0.3 is 0 Å². The molecule has 1 aliphatic heterocycles. The molecule has 1 heterocycles. The van der Waals surface area contributed by atoms with Gasteiger partial charge in [-0.2, -0.15) is 0 Å².